The molecule has 0 aliphatic carbocycles. The molecule has 132 valence electrons. The van der Waals surface area contributed by atoms with E-state index in [0.29, 0.717) is 6.04 Å². The molecular weight excluding hydrogens is 300 g/mol. The first-order chi connectivity index (χ1) is 11.4. The van der Waals surface area contributed by atoms with E-state index in [0.717, 1.165) is 19.4 Å². The van der Waals surface area contributed by atoms with Crippen LogP contribution < -0.4 is 0 Å². The Morgan fingerprint density at radius 3 is 2.71 bits per heavy atom. The minimum atomic E-state index is -0.430. The fraction of sp³-hybridized carbons (Fsp3) is 0.600. The predicted octanol–water partition coefficient (Wildman–Crippen LogP) is 3.32. The third-order valence-corrected chi connectivity index (χ3v) is 5.77. The van der Waals surface area contributed by atoms with Crippen LogP contribution in [0.2, 0.25) is 0 Å². The number of hydrogen-bond acceptors (Lipinski definition) is 3. The maximum absolute atomic E-state index is 6.37. The standard InChI is InChI=1S/C20H30N2O2/c1-14(21(3)4)13-18(23-6)20(2)19-16(11-12-24-20)15-9-7-8-10-17(15)22(19)5/h7-10,14,18H,11-13H2,1-6H3. The number of rotatable bonds is 5. The van der Waals surface area contributed by atoms with Gasteiger partial charge in [0.15, 0.2) is 0 Å². The summed E-state index contributed by atoms with van der Waals surface area (Å²) in [5.74, 6) is 0. The van der Waals surface area contributed by atoms with Crippen molar-refractivity contribution in [3.8, 4) is 0 Å². The van der Waals surface area contributed by atoms with Crippen LogP contribution >= 0.6 is 0 Å². The SMILES string of the molecule is COC(CC(C)N(C)C)C1(C)OCCc2c1n(C)c1ccccc21. The summed E-state index contributed by atoms with van der Waals surface area (Å²) in [6, 6.07) is 9.07. The van der Waals surface area contributed by atoms with Gasteiger partial charge in [-0.3, -0.25) is 0 Å². The lowest BCUT2D eigenvalue weighted by Crippen LogP contribution is -2.47. The molecule has 1 aliphatic heterocycles. The van der Waals surface area contributed by atoms with Gasteiger partial charge in [-0.1, -0.05) is 18.2 Å². The van der Waals surface area contributed by atoms with Gasteiger partial charge in [0, 0.05) is 31.1 Å². The summed E-state index contributed by atoms with van der Waals surface area (Å²) >= 11 is 0. The first kappa shape index (κ1) is 17.5. The molecule has 4 heteroatoms. The topological polar surface area (TPSA) is 26.6 Å². The highest BCUT2D eigenvalue weighted by Crippen LogP contribution is 2.42. The molecule has 0 N–H and O–H groups in total. The zero-order valence-corrected chi connectivity index (χ0v) is 15.8. The van der Waals surface area contributed by atoms with Gasteiger partial charge in [0.25, 0.3) is 0 Å². The Morgan fingerprint density at radius 2 is 2.04 bits per heavy atom. The second kappa shape index (κ2) is 6.51. The first-order valence-corrected chi connectivity index (χ1v) is 8.80. The summed E-state index contributed by atoms with van der Waals surface area (Å²) < 4.78 is 14.6. The van der Waals surface area contributed by atoms with E-state index in [4.69, 9.17) is 9.47 Å². The van der Waals surface area contributed by atoms with Crippen LogP contribution in [0.5, 0.6) is 0 Å². The lowest BCUT2D eigenvalue weighted by atomic mass is 9.85. The largest absolute Gasteiger partial charge is 0.378 e. The predicted molar refractivity (Wildman–Crippen MR) is 98.5 cm³/mol. The van der Waals surface area contributed by atoms with Crippen LogP contribution in [0.15, 0.2) is 24.3 Å². The zero-order chi connectivity index (χ0) is 17.5. The number of hydrogen-bond donors (Lipinski definition) is 0. The number of aromatic nitrogens is 1. The fourth-order valence-electron chi connectivity index (χ4n) is 4.10. The van der Waals surface area contributed by atoms with E-state index in [1.54, 1.807) is 7.11 Å². The lowest BCUT2D eigenvalue weighted by molar-refractivity contribution is -0.148. The molecule has 2 heterocycles. The Bertz CT molecular complexity index is 722. The number of ether oxygens (including phenoxy) is 2. The van der Waals surface area contributed by atoms with Gasteiger partial charge in [0.2, 0.25) is 0 Å². The van der Waals surface area contributed by atoms with E-state index in [2.05, 4.69) is 68.7 Å². The summed E-state index contributed by atoms with van der Waals surface area (Å²) in [6.45, 7) is 5.18. The molecule has 24 heavy (non-hydrogen) atoms. The maximum Gasteiger partial charge on any atom is 0.131 e. The minimum absolute atomic E-state index is 0.0111. The molecule has 0 saturated heterocycles. The molecule has 0 bridgehead atoms. The van der Waals surface area contributed by atoms with Crippen molar-refractivity contribution in [2.24, 2.45) is 7.05 Å². The van der Waals surface area contributed by atoms with Crippen LogP contribution in [-0.2, 0) is 28.5 Å². The molecule has 0 spiro atoms. The van der Waals surface area contributed by atoms with E-state index in [-0.39, 0.29) is 6.10 Å². The van der Waals surface area contributed by atoms with Crippen molar-refractivity contribution < 1.29 is 9.47 Å². The molecule has 1 aliphatic rings. The highest BCUT2D eigenvalue weighted by Gasteiger charge is 2.44. The molecule has 3 atom stereocenters. The molecular formula is C20H30N2O2. The molecule has 0 amide bonds. The molecule has 4 nitrogen and oxygen atoms in total. The van der Waals surface area contributed by atoms with Gasteiger partial charge in [-0.05, 0) is 52.4 Å². The van der Waals surface area contributed by atoms with Gasteiger partial charge in [-0.25, -0.2) is 0 Å². The third-order valence-electron chi connectivity index (χ3n) is 5.77. The van der Waals surface area contributed by atoms with Crippen molar-refractivity contribution in [3.63, 3.8) is 0 Å². The number of aryl methyl sites for hydroxylation is 1. The monoisotopic (exact) mass is 330 g/mol. The summed E-state index contributed by atoms with van der Waals surface area (Å²) in [5.41, 5.74) is 3.53. The second-order valence-electron chi connectivity index (χ2n) is 7.38. The van der Waals surface area contributed by atoms with Crippen molar-refractivity contribution in [2.45, 2.75) is 44.4 Å². The van der Waals surface area contributed by atoms with E-state index >= 15 is 0 Å². The Labute approximate surface area is 145 Å². The van der Waals surface area contributed by atoms with Gasteiger partial charge in [-0.2, -0.15) is 0 Å². The van der Waals surface area contributed by atoms with Crippen LogP contribution in [0.4, 0.5) is 0 Å². The average molecular weight is 330 g/mol. The van der Waals surface area contributed by atoms with Crippen LogP contribution in [-0.4, -0.2) is 49.4 Å². The number of nitrogens with zero attached hydrogens (tertiary/aromatic N) is 2. The van der Waals surface area contributed by atoms with E-state index in [1.165, 1.54) is 22.2 Å². The molecule has 3 unspecified atom stereocenters. The van der Waals surface area contributed by atoms with Gasteiger partial charge in [-0.15, -0.1) is 0 Å². The van der Waals surface area contributed by atoms with Crippen LogP contribution in [0.1, 0.15) is 31.5 Å². The van der Waals surface area contributed by atoms with E-state index < -0.39 is 5.60 Å². The van der Waals surface area contributed by atoms with Crippen molar-refractivity contribution >= 4 is 10.9 Å². The molecule has 0 radical (unpaired) electrons. The molecule has 0 fully saturated rings. The highest BCUT2D eigenvalue weighted by atomic mass is 16.5. The number of fused-ring (bicyclic) bond motifs is 3. The molecule has 0 saturated carbocycles. The van der Waals surface area contributed by atoms with Gasteiger partial charge in [0.1, 0.15) is 5.60 Å². The molecule has 1 aromatic heterocycles. The second-order valence-corrected chi connectivity index (χ2v) is 7.38. The van der Waals surface area contributed by atoms with Crippen LogP contribution in [0.25, 0.3) is 10.9 Å². The average Bonchev–Trinajstić information content (AvgIpc) is 2.87. The first-order valence-electron chi connectivity index (χ1n) is 8.80. The number of benzene rings is 1. The fourth-order valence-corrected chi connectivity index (χ4v) is 4.10. The molecule has 1 aromatic carbocycles. The van der Waals surface area contributed by atoms with Crippen molar-refractivity contribution in [3.05, 3.63) is 35.5 Å². The summed E-state index contributed by atoms with van der Waals surface area (Å²) in [7, 11) is 8.18. The van der Waals surface area contributed by atoms with Crippen molar-refractivity contribution in [1.29, 1.82) is 0 Å². The van der Waals surface area contributed by atoms with E-state index in [9.17, 15) is 0 Å². The summed E-state index contributed by atoms with van der Waals surface area (Å²) in [4.78, 5) is 2.24. The zero-order valence-electron chi connectivity index (χ0n) is 15.8. The van der Waals surface area contributed by atoms with Crippen molar-refractivity contribution in [2.75, 3.05) is 27.8 Å². The lowest BCUT2D eigenvalue weighted by Gasteiger charge is -2.42. The minimum Gasteiger partial charge on any atom is -0.378 e. The molecule has 3 rings (SSSR count). The normalized spacial score (nSPS) is 23.5. The Balaban J connectivity index is 2.09. The third kappa shape index (κ3) is 2.67. The highest BCUT2D eigenvalue weighted by molar-refractivity contribution is 5.86. The van der Waals surface area contributed by atoms with Crippen molar-refractivity contribution in [1.82, 2.24) is 9.47 Å². The van der Waals surface area contributed by atoms with Gasteiger partial charge < -0.3 is 18.9 Å². The maximum atomic E-state index is 6.37. The Kier molecular flexibility index (Phi) is 4.73. The Hall–Kier alpha value is -1.36. The van der Waals surface area contributed by atoms with Crippen LogP contribution in [0.3, 0.4) is 0 Å². The van der Waals surface area contributed by atoms with Crippen LogP contribution in [0, 0.1) is 0 Å². The summed E-state index contributed by atoms with van der Waals surface area (Å²) in [6.07, 6.45) is 1.91. The molecule has 2 aromatic rings. The Morgan fingerprint density at radius 1 is 1.33 bits per heavy atom. The van der Waals surface area contributed by atoms with E-state index in [1.807, 2.05) is 0 Å². The van der Waals surface area contributed by atoms with Gasteiger partial charge >= 0.3 is 0 Å². The summed E-state index contributed by atoms with van der Waals surface area (Å²) in [5, 5.41) is 1.35. The quantitative estimate of drug-likeness (QED) is 0.841. The number of methoxy groups -OCH3 is 1. The van der Waals surface area contributed by atoms with Gasteiger partial charge in [0.05, 0.1) is 18.4 Å². The smallest absolute Gasteiger partial charge is 0.131 e. The number of para-hydroxylation sites is 1.